The van der Waals surface area contributed by atoms with Crippen LogP contribution in [0, 0.1) is 6.92 Å². The lowest BCUT2D eigenvalue weighted by atomic mass is 10.1. The summed E-state index contributed by atoms with van der Waals surface area (Å²) in [5.41, 5.74) is 2.43. The van der Waals surface area contributed by atoms with Gasteiger partial charge in [0.15, 0.2) is 0 Å². The molecule has 0 spiro atoms. The number of likely N-dealkylation sites (tertiary alicyclic amines) is 1. The highest BCUT2D eigenvalue weighted by Gasteiger charge is 2.31. The van der Waals surface area contributed by atoms with Crippen molar-refractivity contribution < 1.29 is 9.59 Å². The molecule has 8 heteroatoms. The molecule has 1 N–H and O–H groups in total. The standard InChI is InChI=1S/C18H24N6O2/c1-13-5-8-23(22-13)9-6-18(26)24-7-3-4-17(24)16-12-19-10-15(21-16)11-20-14(2)25/h5,8,10,12,17H,3-4,6-7,9,11H2,1-2H3,(H,20,25)/t17-/m0/s1. The third-order valence-electron chi connectivity index (χ3n) is 4.46. The zero-order chi connectivity index (χ0) is 18.5. The van der Waals surface area contributed by atoms with Crippen LogP contribution in [0.15, 0.2) is 24.7 Å². The Labute approximate surface area is 152 Å². The summed E-state index contributed by atoms with van der Waals surface area (Å²) in [6.45, 7) is 5.05. The molecule has 1 aliphatic rings. The minimum atomic E-state index is -0.108. The first-order chi connectivity index (χ1) is 12.5. The average Bonchev–Trinajstić information content (AvgIpc) is 3.27. The van der Waals surface area contributed by atoms with Crippen LogP contribution < -0.4 is 5.32 Å². The maximum absolute atomic E-state index is 12.7. The summed E-state index contributed by atoms with van der Waals surface area (Å²) in [4.78, 5) is 34.5. The number of hydrogen-bond donors (Lipinski definition) is 1. The van der Waals surface area contributed by atoms with E-state index in [0.717, 1.165) is 30.8 Å². The van der Waals surface area contributed by atoms with Crippen molar-refractivity contribution in [3.05, 3.63) is 41.7 Å². The van der Waals surface area contributed by atoms with E-state index in [1.165, 1.54) is 6.92 Å². The van der Waals surface area contributed by atoms with Gasteiger partial charge in [-0.15, -0.1) is 0 Å². The predicted octanol–water partition coefficient (Wildman–Crippen LogP) is 1.37. The number of carbonyl (C=O) groups excluding carboxylic acids is 2. The Balaban J connectivity index is 1.64. The van der Waals surface area contributed by atoms with E-state index >= 15 is 0 Å². The molecule has 0 bridgehead atoms. The molecule has 2 aromatic heterocycles. The fraction of sp³-hybridized carbons (Fsp3) is 0.500. The fourth-order valence-electron chi connectivity index (χ4n) is 3.20. The monoisotopic (exact) mass is 356 g/mol. The number of nitrogens with zero attached hydrogens (tertiary/aromatic N) is 5. The van der Waals surface area contributed by atoms with E-state index in [0.29, 0.717) is 25.2 Å². The number of aryl methyl sites for hydroxylation is 2. The van der Waals surface area contributed by atoms with E-state index in [9.17, 15) is 9.59 Å². The highest BCUT2D eigenvalue weighted by atomic mass is 16.2. The van der Waals surface area contributed by atoms with Gasteiger partial charge in [0.25, 0.3) is 0 Å². The molecule has 0 aromatic carbocycles. The number of carbonyl (C=O) groups is 2. The SMILES string of the molecule is CC(=O)NCc1cncc([C@@H]2CCCN2C(=O)CCn2ccc(C)n2)n1. The van der Waals surface area contributed by atoms with Crippen LogP contribution in [0.25, 0.3) is 0 Å². The summed E-state index contributed by atoms with van der Waals surface area (Å²) < 4.78 is 1.80. The van der Waals surface area contributed by atoms with E-state index in [1.54, 1.807) is 17.1 Å². The minimum absolute atomic E-state index is 0.0494. The Kier molecular flexibility index (Phi) is 5.60. The molecule has 1 atom stereocenters. The Morgan fingerprint density at radius 3 is 2.92 bits per heavy atom. The van der Waals surface area contributed by atoms with Gasteiger partial charge in [0.1, 0.15) is 0 Å². The number of nitrogens with one attached hydrogen (secondary N) is 1. The van der Waals surface area contributed by atoms with Crippen molar-refractivity contribution in [2.45, 2.75) is 52.2 Å². The average molecular weight is 356 g/mol. The van der Waals surface area contributed by atoms with Gasteiger partial charge in [-0.2, -0.15) is 5.10 Å². The van der Waals surface area contributed by atoms with Crippen molar-refractivity contribution in [3.63, 3.8) is 0 Å². The van der Waals surface area contributed by atoms with E-state index in [-0.39, 0.29) is 17.9 Å². The lowest BCUT2D eigenvalue weighted by molar-refractivity contribution is -0.132. The Morgan fingerprint density at radius 2 is 2.19 bits per heavy atom. The lowest BCUT2D eigenvalue weighted by Crippen LogP contribution is -2.32. The van der Waals surface area contributed by atoms with Gasteiger partial charge in [0.2, 0.25) is 11.8 Å². The highest BCUT2D eigenvalue weighted by Crippen LogP contribution is 2.31. The largest absolute Gasteiger partial charge is 0.351 e. The molecule has 0 unspecified atom stereocenters. The number of rotatable bonds is 6. The molecule has 1 aliphatic heterocycles. The quantitative estimate of drug-likeness (QED) is 0.844. The molecule has 3 rings (SSSR count). The van der Waals surface area contributed by atoms with Gasteiger partial charge in [-0.1, -0.05) is 0 Å². The second-order valence-corrected chi connectivity index (χ2v) is 6.56. The van der Waals surface area contributed by atoms with E-state index in [1.807, 2.05) is 24.1 Å². The third kappa shape index (κ3) is 4.44. The first kappa shape index (κ1) is 18.0. The summed E-state index contributed by atoms with van der Waals surface area (Å²) in [6, 6.07) is 1.88. The van der Waals surface area contributed by atoms with Crippen molar-refractivity contribution in [2.24, 2.45) is 0 Å². The zero-order valence-corrected chi connectivity index (χ0v) is 15.2. The first-order valence-corrected chi connectivity index (χ1v) is 8.87. The maximum Gasteiger partial charge on any atom is 0.225 e. The molecule has 0 radical (unpaired) electrons. The molecule has 0 aliphatic carbocycles. The molecular formula is C18H24N6O2. The Morgan fingerprint density at radius 1 is 1.35 bits per heavy atom. The summed E-state index contributed by atoms with van der Waals surface area (Å²) in [7, 11) is 0. The van der Waals surface area contributed by atoms with Crippen LogP contribution in [0.1, 0.15) is 49.3 Å². The number of amides is 2. The number of hydrogen-bond acceptors (Lipinski definition) is 5. The zero-order valence-electron chi connectivity index (χ0n) is 15.2. The van der Waals surface area contributed by atoms with Crippen LogP contribution in [-0.2, 0) is 22.7 Å². The van der Waals surface area contributed by atoms with E-state index in [2.05, 4.69) is 20.4 Å². The van der Waals surface area contributed by atoms with Crippen molar-refractivity contribution in [1.82, 2.24) is 30.0 Å². The molecule has 2 aromatic rings. The van der Waals surface area contributed by atoms with Crippen molar-refractivity contribution in [2.75, 3.05) is 6.54 Å². The Bertz CT molecular complexity index is 787. The number of aromatic nitrogens is 4. The highest BCUT2D eigenvalue weighted by molar-refractivity contribution is 5.77. The smallest absolute Gasteiger partial charge is 0.225 e. The van der Waals surface area contributed by atoms with Gasteiger partial charge in [0.05, 0.1) is 42.1 Å². The molecule has 3 heterocycles. The minimum Gasteiger partial charge on any atom is -0.351 e. The molecule has 0 saturated carbocycles. The second kappa shape index (κ2) is 8.07. The molecule has 138 valence electrons. The van der Waals surface area contributed by atoms with Crippen molar-refractivity contribution >= 4 is 11.8 Å². The van der Waals surface area contributed by atoms with Crippen LogP contribution in [0.3, 0.4) is 0 Å². The van der Waals surface area contributed by atoms with Crippen molar-refractivity contribution in [3.8, 4) is 0 Å². The molecule has 2 amide bonds. The predicted molar refractivity (Wildman–Crippen MR) is 94.8 cm³/mol. The molecule has 1 saturated heterocycles. The molecular weight excluding hydrogens is 332 g/mol. The topological polar surface area (TPSA) is 93.0 Å². The molecule has 8 nitrogen and oxygen atoms in total. The van der Waals surface area contributed by atoms with Gasteiger partial charge < -0.3 is 10.2 Å². The second-order valence-electron chi connectivity index (χ2n) is 6.56. The fourth-order valence-corrected chi connectivity index (χ4v) is 3.20. The summed E-state index contributed by atoms with van der Waals surface area (Å²) in [5.74, 6) is -0.00144. The van der Waals surface area contributed by atoms with Crippen LogP contribution in [0.4, 0.5) is 0 Å². The first-order valence-electron chi connectivity index (χ1n) is 8.87. The van der Waals surface area contributed by atoms with E-state index in [4.69, 9.17) is 0 Å². The normalized spacial score (nSPS) is 16.7. The van der Waals surface area contributed by atoms with Gasteiger partial charge in [0, 0.05) is 32.6 Å². The maximum atomic E-state index is 12.7. The summed E-state index contributed by atoms with van der Waals surface area (Å²) >= 11 is 0. The van der Waals surface area contributed by atoms with Crippen LogP contribution >= 0.6 is 0 Å². The molecule has 1 fully saturated rings. The Hall–Kier alpha value is -2.77. The van der Waals surface area contributed by atoms with Gasteiger partial charge in [-0.3, -0.25) is 24.2 Å². The molecule has 26 heavy (non-hydrogen) atoms. The summed E-state index contributed by atoms with van der Waals surface area (Å²) in [5, 5.41) is 7.04. The summed E-state index contributed by atoms with van der Waals surface area (Å²) in [6.07, 6.45) is 7.49. The van der Waals surface area contributed by atoms with Crippen molar-refractivity contribution in [1.29, 1.82) is 0 Å². The third-order valence-corrected chi connectivity index (χ3v) is 4.46. The van der Waals surface area contributed by atoms with Gasteiger partial charge >= 0.3 is 0 Å². The van der Waals surface area contributed by atoms with Crippen LogP contribution in [0.5, 0.6) is 0 Å². The van der Waals surface area contributed by atoms with E-state index < -0.39 is 0 Å². The van der Waals surface area contributed by atoms with Gasteiger partial charge in [-0.25, -0.2) is 0 Å². The van der Waals surface area contributed by atoms with Crippen LogP contribution in [0.2, 0.25) is 0 Å². The van der Waals surface area contributed by atoms with Gasteiger partial charge in [-0.05, 0) is 25.8 Å². The van der Waals surface area contributed by atoms with Crippen LogP contribution in [-0.4, -0.2) is 43.0 Å². The lowest BCUT2D eigenvalue weighted by Gasteiger charge is -2.24.